The second kappa shape index (κ2) is 9.16. The molecule has 1 aliphatic rings. The lowest BCUT2D eigenvalue weighted by Gasteiger charge is -2.40. The molecule has 0 unspecified atom stereocenters. The Morgan fingerprint density at radius 3 is 2.59 bits per heavy atom. The number of piperazine rings is 1. The molecule has 0 saturated carbocycles. The van der Waals surface area contributed by atoms with Gasteiger partial charge in [0.1, 0.15) is 5.76 Å². The third-order valence-corrected chi connectivity index (χ3v) is 5.75. The molecule has 146 valence electrons. The first kappa shape index (κ1) is 19.6. The maximum atomic E-state index is 12.3. The van der Waals surface area contributed by atoms with Crippen LogP contribution in [0, 0.1) is 0 Å². The third-order valence-electron chi connectivity index (χ3n) is 4.81. The lowest BCUT2D eigenvalue weighted by molar-refractivity contribution is -0.140. The largest absolute Gasteiger partial charge is 0.467 e. The molecule has 0 aliphatic carbocycles. The number of nitrogens with one attached hydrogen (secondary N) is 2. The van der Waals surface area contributed by atoms with Crippen molar-refractivity contribution in [3.8, 4) is 0 Å². The van der Waals surface area contributed by atoms with Crippen LogP contribution in [0.4, 0.5) is 0 Å². The zero-order valence-electron chi connectivity index (χ0n) is 15.7. The van der Waals surface area contributed by atoms with Gasteiger partial charge >= 0.3 is 11.8 Å². The molecule has 1 fully saturated rings. The van der Waals surface area contributed by atoms with E-state index < -0.39 is 11.8 Å². The zero-order chi connectivity index (χ0) is 19.2. The summed E-state index contributed by atoms with van der Waals surface area (Å²) in [7, 11) is 2.12. The van der Waals surface area contributed by atoms with Gasteiger partial charge in [-0.3, -0.25) is 14.5 Å². The average molecular weight is 391 g/mol. The highest BCUT2D eigenvalue weighted by molar-refractivity contribution is 7.10. The third kappa shape index (κ3) is 5.18. The van der Waals surface area contributed by atoms with Gasteiger partial charge in [0.05, 0.1) is 18.8 Å². The quantitative estimate of drug-likeness (QED) is 0.730. The van der Waals surface area contributed by atoms with Crippen molar-refractivity contribution in [1.82, 2.24) is 20.4 Å². The van der Waals surface area contributed by atoms with Crippen LogP contribution in [0.2, 0.25) is 0 Å². The molecule has 3 heterocycles. The average Bonchev–Trinajstić information content (AvgIpc) is 3.35. The van der Waals surface area contributed by atoms with Crippen LogP contribution < -0.4 is 10.6 Å². The molecule has 2 amide bonds. The molecule has 0 bridgehead atoms. The van der Waals surface area contributed by atoms with E-state index in [4.69, 9.17) is 4.42 Å². The molecular weight excluding hydrogens is 364 g/mol. The SMILES string of the molecule is C[C@H](NC(=O)C(=O)NCc1ccco1)[C@H](c1cccs1)N1CCN(C)CC1. The first-order valence-electron chi connectivity index (χ1n) is 9.11. The fourth-order valence-electron chi connectivity index (χ4n) is 3.31. The van der Waals surface area contributed by atoms with Crippen LogP contribution in [0.15, 0.2) is 40.3 Å². The summed E-state index contributed by atoms with van der Waals surface area (Å²) in [4.78, 5) is 30.3. The zero-order valence-corrected chi connectivity index (χ0v) is 16.5. The summed E-state index contributed by atoms with van der Waals surface area (Å²) in [5.41, 5.74) is 0. The molecule has 2 aromatic rings. The van der Waals surface area contributed by atoms with E-state index in [2.05, 4.69) is 33.5 Å². The van der Waals surface area contributed by atoms with Crippen molar-refractivity contribution in [3.63, 3.8) is 0 Å². The number of thiophene rings is 1. The van der Waals surface area contributed by atoms with E-state index in [0.29, 0.717) is 5.76 Å². The lowest BCUT2D eigenvalue weighted by Crippen LogP contribution is -2.53. The van der Waals surface area contributed by atoms with Crippen molar-refractivity contribution in [1.29, 1.82) is 0 Å². The summed E-state index contributed by atoms with van der Waals surface area (Å²) in [5.74, 6) is -0.663. The summed E-state index contributed by atoms with van der Waals surface area (Å²) in [6.07, 6.45) is 1.53. The fourth-order valence-corrected chi connectivity index (χ4v) is 4.28. The topological polar surface area (TPSA) is 77.8 Å². The van der Waals surface area contributed by atoms with Crippen molar-refractivity contribution in [3.05, 3.63) is 46.5 Å². The number of hydrogen-bond donors (Lipinski definition) is 2. The molecule has 0 radical (unpaired) electrons. The van der Waals surface area contributed by atoms with Crippen LogP contribution in [0.5, 0.6) is 0 Å². The number of rotatable bonds is 6. The Labute approximate surface area is 163 Å². The molecule has 0 spiro atoms. The molecule has 1 saturated heterocycles. The minimum atomic E-state index is -0.651. The highest BCUT2D eigenvalue weighted by Crippen LogP contribution is 2.29. The number of likely N-dealkylation sites (N-methyl/N-ethyl adjacent to an activating group) is 1. The van der Waals surface area contributed by atoms with Crippen molar-refractivity contribution >= 4 is 23.2 Å². The Kier molecular flexibility index (Phi) is 6.65. The molecule has 3 rings (SSSR count). The molecule has 2 aromatic heterocycles. The normalized spacial score (nSPS) is 18.0. The maximum absolute atomic E-state index is 12.3. The van der Waals surface area contributed by atoms with Crippen molar-refractivity contribution in [2.45, 2.75) is 25.6 Å². The van der Waals surface area contributed by atoms with E-state index in [0.717, 1.165) is 26.2 Å². The van der Waals surface area contributed by atoms with Crippen LogP contribution in [-0.4, -0.2) is 60.9 Å². The number of furan rings is 1. The minimum absolute atomic E-state index is 0.0560. The Balaban J connectivity index is 1.60. The van der Waals surface area contributed by atoms with Crippen molar-refractivity contribution < 1.29 is 14.0 Å². The monoisotopic (exact) mass is 390 g/mol. The highest BCUT2D eigenvalue weighted by atomic mass is 32.1. The van der Waals surface area contributed by atoms with Crippen LogP contribution >= 0.6 is 11.3 Å². The van der Waals surface area contributed by atoms with Gasteiger partial charge < -0.3 is 20.0 Å². The van der Waals surface area contributed by atoms with Crippen LogP contribution in [0.1, 0.15) is 23.6 Å². The highest BCUT2D eigenvalue weighted by Gasteiger charge is 2.31. The van der Waals surface area contributed by atoms with Crippen molar-refractivity contribution in [2.75, 3.05) is 33.2 Å². The van der Waals surface area contributed by atoms with Crippen molar-refractivity contribution in [2.24, 2.45) is 0 Å². The Bertz CT molecular complexity index is 724. The second-order valence-electron chi connectivity index (χ2n) is 6.82. The number of nitrogens with zero attached hydrogens (tertiary/aromatic N) is 2. The van der Waals surface area contributed by atoms with Gasteiger partial charge in [0.2, 0.25) is 0 Å². The number of hydrogen-bond acceptors (Lipinski definition) is 6. The van der Waals surface area contributed by atoms with E-state index in [1.54, 1.807) is 23.5 Å². The summed E-state index contributed by atoms with van der Waals surface area (Å²) in [5, 5.41) is 7.51. The number of carbonyl (C=O) groups excluding carboxylic acids is 2. The molecular formula is C19H26N4O3S. The van der Waals surface area contributed by atoms with Gasteiger partial charge in [-0.25, -0.2) is 0 Å². The summed E-state index contributed by atoms with van der Waals surface area (Å²) < 4.78 is 5.16. The van der Waals surface area contributed by atoms with Gasteiger partial charge in [-0.1, -0.05) is 6.07 Å². The molecule has 2 N–H and O–H groups in total. The molecule has 7 nitrogen and oxygen atoms in total. The first-order valence-corrected chi connectivity index (χ1v) is 9.99. The molecule has 8 heteroatoms. The first-order chi connectivity index (χ1) is 13.0. The minimum Gasteiger partial charge on any atom is -0.467 e. The summed E-state index contributed by atoms with van der Waals surface area (Å²) >= 11 is 1.68. The van der Waals surface area contributed by atoms with E-state index >= 15 is 0 Å². The smallest absolute Gasteiger partial charge is 0.309 e. The molecule has 1 aliphatic heterocycles. The van der Waals surface area contributed by atoms with E-state index in [9.17, 15) is 9.59 Å². The van der Waals surface area contributed by atoms with Gasteiger partial charge in [0.15, 0.2) is 0 Å². The predicted molar refractivity (Wildman–Crippen MR) is 104 cm³/mol. The maximum Gasteiger partial charge on any atom is 0.309 e. The van der Waals surface area contributed by atoms with E-state index in [1.165, 1.54) is 11.1 Å². The summed E-state index contributed by atoms with van der Waals surface area (Å²) in [6, 6.07) is 7.47. The molecule has 2 atom stereocenters. The van der Waals surface area contributed by atoms with Gasteiger partial charge in [0.25, 0.3) is 0 Å². The summed E-state index contributed by atoms with van der Waals surface area (Å²) in [6.45, 7) is 6.01. The van der Waals surface area contributed by atoms with Gasteiger partial charge in [-0.05, 0) is 37.6 Å². The standard InChI is InChI=1S/C19H26N4O3S/c1-14(21-19(25)18(24)20-13-15-5-3-11-26-15)17(16-6-4-12-27-16)23-9-7-22(2)8-10-23/h3-6,11-12,14,17H,7-10,13H2,1-2H3,(H,20,24)(H,21,25)/t14-,17+/m0/s1. The number of amides is 2. The number of carbonyl (C=O) groups is 2. The van der Waals surface area contributed by atoms with E-state index in [1.807, 2.05) is 18.4 Å². The predicted octanol–water partition coefficient (Wildman–Crippen LogP) is 1.45. The lowest BCUT2D eigenvalue weighted by atomic mass is 10.0. The molecule has 0 aromatic carbocycles. The van der Waals surface area contributed by atoms with Gasteiger partial charge in [-0.2, -0.15) is 0 Å². The van der Waals surface area contributed by atoms with Crippen LogP contribution in [0.3, 0.4) is 0 Å². The second-order valence-corrected chi connectivity index (χ2v) is 7.80. The Hall–Kier alpha value is -2.16. The Morgan fingerprint density at radius 2 is 1.96 bits per heavy atom. The van der Waals surface area contributed by atoms with E-state index in [-0.39, 0.29) is 18.6 Å². The van der Waals surface area contributed by atoms with Gasteiger partial charge in [0, 0.05) is 37.1 Å². The van der Waals surface area contributed by atoms with Crippen LogP contribution in [0.25, 0.3) is 0 Å². The fraction of sp³-hybridized carbons (Fsp3) is 0.474. The van der Waals surface area contributed by atoms with Crippen LogP contribution in [-0.2, 0) is 16.1 Å². The molecule has 27 heavy (non-hydrogen) atoms. The Morgan fingerprint density at radius 1 is 1.19 bits per heavy atom. The van der Waals surface area contributed by atoms with Gasteiger partial charge in [-0.15, -0.1) is 11.3 Å².